The van der Waals surface area contributed by atoms with E-state index in [0.29, 0.717) is 38.3 Å². The molecule has 0 saturated carbocycles. The normalized spacial score (nSPS) is 19.3. The lowest BCUT2D eigenvalue weighted by Crippen LogP contribution is -2.32. The van der Waals surface area contributed by atoms with Crippen molar-refractivity contribution in [1.29, 1.82) is 0 Å². The zero-order chi connectivity index (χ0) is 29.5. The quantitative estimate of drug-likeness (QED) is 0.256. The highest BCUT2D eigenvalue weighted by Crippen LogP contribution is 2.54. The number of carbonyl (C=O) groups is 3. The van der Waals surface area contributed by atoms with E-state index in [2.05, 4.69) is 26.2 Å². The molecule has 3 atom stereocenters. The van der Waals surface area contributed by atoms with Gasteiger partial charge in [0.25, 0.3) is 5.91 Å². The van der Waals surface area contributed by atoms with Crippen molar-refractivity contribution in [2.24, 2.45) is 5.92 Å². The molecule has 2 aliphatic rings. The number of thiazole rings is 1. The molecule has 6 rings (SSSR count). The number of aromatic amines is 1. The van der Waals surface area contributed by atoms with Gasteiger partial charge in [-0.3, -0.25) is 19.2 Å². The highest BCUT2D eigenvalue weighted by molar-refractivity contribution is 9.10. The van der Waals surface area contributed by atoms with Gasteiger partial charge in [0.2, 0.25) is 11.8 Å². The number of fused-ring (bicyclic) bond motifs is 2. The molecule has 0 aliphatic carbocycles. The van der Waals surface area contributed by atoms with E-state index in [1.54, 1.807) is 43.5 Å². The minimum atomic E-state index is -0.804. The van der Waals surface area contributed by atoms with Crippen LogP contribution in [0.1, 0.15) is 21.9 Å². The summed E-state index contributed by atoms with van der Waals surface area (Å²) in [6, 6.07) is 19.4. The molecular formula is C30H24BrN3O6S2. The number of nitrogens with one attached hydrogen (secondary N) is 2. The van der Waals surface area contributed by atoms with Crippen molar-refractivity contribution < 1.29 is 23.9 Å². The first-order valence-corrected chi connectivity index (χ1v) is 15.4. The molecule has 0 unspecified atom stereocenters. The Morgan fingerprint density at radius 1 is 1.02 bits per heavy atom. The van der Waals surface area contributed by atoms with Crippen LogP contribution >= 0.6 is 39.0 Å². The maximum atomic E-state index is 14.1. The summed E-state index contributed by atoms with van der Waals surface area (Å²) in [5.74, 6) is -1.58. The van der Waals surface area contributed by atoms with Gasteiger partial charge in [-0.05, 0) is 61.5 Å². The molecule has 2 aliphatic heterocycles. The van der Waals surface area contributed by atoms with Crippen molar-refractivity contribution in [2.75, 3.05) is 23.9 Å². The van der Waals surface area contributed by atoms with Crippen molar-refractivity contribution in [3.63, 3.8) is 0 Å². The third-order valence-electron chi connectivity index (χ3n) is 7.16. The number of anilines is 2. The number of imide groups is 1. The number of carbonyl (C=O) groups excluding carboxylic acids is 3. The second kappa shape index (κ2) is 11.4. The monoisotopic (exact) mass is 665 g/mol. The van der Waals surface area contributed by atoms with Gasteiger partial charge in [-0.15, -0.1) is 0 Å². The molecular weight excluding hydrogens is 642 g/mol. The maximum absolute atomic E-state index is 14.1. The van der Waals surface area contributed by atoms with Crippen LogP contribution in [0.4, 0.5) is 11.4 Å². The number of hydrogen-bond donors (Lipinski definition) is 2. The third-order valence-corrected chi connectivity index (χ3v) is 10.0. The number of thioether (sulfide) groups is 1. The maximum Gasteiger partial charge on any atom is 0.305 e. The predicted molar refractivity (Wildman–Crippen MR) is 165 cm³/mol. The van der Waals surface area contributed by atoms with Crippen LogP contribution in [0.25, 0.3) is 0 Å². The fraction of sp³-hybridized carbons (Fsp3) is 0.200. The first kappa shape index (κ1) is 28.3. The second-order valence-corrected chi connectivity index (χ2v) is 12.9. The topological polar surface area (TPSA) is 118 Å². The van der Waals surface area contributed by atoms with E-state index in [1.807, 2.05) is 37.3 Å². The molecule has 0 radical (unpaired) electrons. The lowest BCUT2D eigenvalue weighted by atomic mass is 9.82. The number of H-pyrrole nitrogens is 1. The second-order valence-electron chi connectivity index (χ2n) is 9.84. The zero-order valence-corrected chi connectivity index (χ0v) is 25.6. The molecule has 3 heterocycles. The van der Waals surface area contributed by atoms with Gasteiger partial charge in [0.1, 0.15) is 16.7 Å². The van der Waals surface area contributed by atoms with E-state index >= 15 is 0 Å². The number of amides is 3. The number of rotatable bonds is 7. The number of hydrogen-bond acceptors (Lipinski definition) is 8. The Kier molecular flexibility index (Phi) is 7.69. The standard InChI is InChI=1S/C30H24BrN3O6S2/c1-15-3-6-17(7-4-15)32-22(35)14-40-21-12-5-16(31)13-20(21)23-24-26(41-27-25(23)42-30(38)33-27)29(37)34(28(24)36)18-8-10-19(39-2)11-9-18/h3-13,23-24,26H,14H2,1-2H3,(H,32,35)(H,33,38)/t23-,24-,26+/m0/s1. The Morgan fingerprint density at radius 3 is 2.48 bits per heavy atom. The van der Waals surface area contributed by atoms with E-state index in [9.17, 15) is 19.2 Å². The molecule has 42 heavy (non-hydrogen) atoms. The molecule has 4 aromatic rings. The Hall–Kier alpha value is -3.87. The van der Waals surface area contributed by atoms with Crippen molar-refractivity contribution in [3.05, 3.63) is 96.9 Å². The smallest absolute Gasteiger partial charge is 0.305 e. The third kappa shape index (κ3) is 5.25. The van der Waals surface area contributed by atoms with Gasteiger partial charge in [0.05, 0.1) is 23.7 Å². The van der Waals surface area contributed by atoms with E-state index in [0.717, 1.165) is 21.4 Å². The number of methoxy groups -OCH3 is 1. The molecule has 1 saturated heterocycles. The molecule has 12 heteroatoms. The number of benzene rings is 3. The number of ether oxygens (including phenoxy) is 2. The van der Waals surface area contributed by atoms with E-state index in [4.69, 9.17) is 9.47 Å². The minimum Gasteiger partial charge on any atom is -0.497 e. The van der Waals surface area contributed by atoms with Gasteiger partial charge in [-0.25, -0.2) is 4.90 Å². The van der Waals surface area contributed by atoms with Crippen molar-refractivity contribution in [3.8, 4) is 11.5 Å². The highest BCUT2D eigenvalue weighted by Gasteiger charge is 2.56. The summed E-state index contributed by atoms with van der Waals surface area (Å²) >= 11 is 5.72. The number of aromatic nitrogens is 1. The molecule has 3 aromatic carbocycles. The van der Waals surface area contributed by atoms with E-state index < -0.39 is 17.1 Å². The Bertz CT molecular complexity index is 1750. The summed E-state index contributed by atoms with van der Waals surface area (Å²) in [5.41, 5.74) is 2.75. The zero-order valence-electron chi connectivity index (χ0n) is 22.4. The molecule has 0 bridgehead atoms. The first-order valence-electron chi connectivity index (χ1n) is 12.9. The van der Waals surface area contributed by atoms with Crippen LogP contribution in [-0.2, 0) is 14.4 Å². The Balaban J connectivity index is 1.35. The van der Waals surface area contributed by atoms with Gasteiger partial charge >= 0.3 is 4.87 Å². The lowest BCUT2D eigenvalue weighted by Gasteiger charge is -2.31. The summed E-state index contributed by atoms with van der Waals surface area (Å²) in [6.07, 6.45) is 0. The van der Waals surface area contributed by atoms with Crippen molar-refractivity contribution >= 4 is 68.1 Å². The summed E-state index contributed by atoms with van der Waals surface area (Å²) < 4.78 is 12.0. The van der Waals surface area contributed by atoms with Gasteiger partial charge in [0, 0.05) is 26.5 Å². The van der Waals surface area contributed by atoms with Gasteiger partial charge in [-0.1, -0.05) is 56.7 Å². The van der Waals surface area contributed by atoms with E-state index in [1.165, 1.54) is 16.7 Å². The van der Waals surface area contributed by atoms with Crippen LogP contribution in [0.5, 0.6) is 11.5 Å². The van der Waals surface area contributed by atoms with Crippen LogP contribution in [0, 0.1) is 12.8 Å². The van der Waals surface area contributed by atoms with Gasteiger partial charge < -0.3 is 19.8 Å². The summed E-state index contributed by atoms with van der Waals surface area (Å²) in [6.45, 7) is 1.68. The molecule has 2 N–H and O–H groups in total. The number of aryl methyl sites for hydroxylation is 1. The van der Waals surface area contributed by atoms with Crippen LogP contribution in [0.2, 0.25) is 0 Å². The molecule has 0 spiro atoms. The largest absolute Gasteiger partial charge is 0.497 e. The number of nitrogens with zero attached hydrogens (tertiary/aromatic N) is 1. The van der Waals surface area contributed by atoms with Crippen molar-refractivity contribution in [1.82, 2.24) is 4.98 Å². The summed E-state index contributed by atoms with van der Waals surface area (Å²) in [4.78, 5) is 57.4. The van der Waals surface area contributed by atoms with Crippen LogP contribution in [0.3, 0.4) is 0 Å². The molecule has 1 fully saturated rings. The van der Waals surface area contributed by atoms with Gasteiger partial charge in [0.15, 0.2) is 6.61 Å². The Morgan fingerprint density at radius 2 is 1.76 bits per heavy atom. The van der Waals surface area contributed by atoms with E-state index in [-0.39, 0.29) is 29.2 Å². The highest BCUT2D eigenvalue weighted by atomic mass is 79.9. The number of halogens is 1. The van der Waals surface area contributed by atoms with Crippen LogP contribution in [0.15, 0.2) is 81.0 Å². The molecule has 9 nitrogen and oxygen atoms in total. The summed E-state index contributed by atoms with van der Waals surface area (Å²) in [5, 5.41) is 2.60. The van der Waals surface area contributed by atoms with Crippen molar-refractivity contribution in [2.45, 2.75) is 23.1 Å². The fourth-order valence-electron chi connectivity index (χ4n) is 5.21. The van der Waals surface area contributed by atoms with Crippen LogP contribution < -0.4 is 24.6 Å². The average molecular weight is 667 g/mol. The average Bonchev–Trinajstić information content (AvgIpc) is 3.47. The SMILES string of the molecule is COc1ccc(N2C(=O)[C@H]3[C@H](c4cc(Br)ccc4OCC(=O)Nc4ccc(C)cc4)c4sc(=O)[nH]c4S[C@H]3C2=O)cc1. The Labute approximate surface area is 257 Å². The van der Waals surface area contributed by atoms with Crippen LogP contribution in [-0.4, -0.2) is 41.7 Å². The fourth-order valence-corrected chi connectivity index (χ4v) is 8.09. The first-order chi connectivity index (χ1) is 20.2. The molecule has 214 valence electrons. The molecule has 1 aromatic heterocycles. The minimum absolute atomic E-state index is 0.278. The molecule has 3 amide bonds. The lowest BCUT2D eigenvalue weighted by molar-refractivity contribution is -0.122. The predicted octanol–water partition coefficient (Wildman–Crippen LogP) is 5.33. The summed E-state index contributed by atoms with van der Waals surface area (Å²) in [7, 11) is 1.54. The van der Waals surface area contributed by atoms with Gasteiger partial charge in [-0.2, -0.15) is 0 Å².